The zero-order valence-electron chi connectivity index (χ0n) is 16.2. The van der Waals surface area contributed by atoms with E-state index < -0.39 is 0 Å². The summed E-state index contributed by atoms with van der Waals surface area (Å²) in [5.41, 5.74) is 2.46. The first-order chi connectivity index (χ1) is 14.2. The first kappa shape index (κ1) is 17.7. The number of H-pyrrole nitrogens is 1. The number of amides is 1. The minimum atomic E-state index is -0.133. The maximum Gasteiger partial charge on any atom is 0.260 e. The number of hydrogen-bond donors (Lipinski definition) is 1. The highest BCUT2D eigenvalue weighted by Gasteiger charge is 2.24. The quantitative estimate of drug-likeness (QED) is 0.743. The van der Waals surface area contributed by atoms with E-state index in [4.69, 9.17) is 0 Å². The van der Waals surface area contributed by atoms with E-state index in [9.17, 15) is 9.59 Å². The van der Waals surface area contributed by atoms with Gasteiger partial charge >= 0.3 is 0 Å². The van der Waals surface area contributed by atoms with Crippen molar-refractivity contribution in [2.45, 2.75) is 6.42 Å². The van der Waals surface area contributed by atoms with E-state index in [0.29, 0.717) is 43.0 Å². The molecule has 1 aromatic heterocycles. The third-order valence-electron chi connectivity index (χ3n) is 5.80. The molecule has 148 valence electrons. The van der Waals surface area contributed by atoms with Gasteiger partial charge in [-0.05, 0) is 42.8 Å². The van der Waals surface area contributed by atoms with E-state index >= 15 is 0 Å². The fourth-order valence-corrected chi connectivity index (χ4v) is 3.92. The van der Waals surface area contributed by atoms with Gasteiger partial charge in [0.05, 0.1) is 10.9 Å². The van der Waals surface area contributed by atoms with Crippen molar-refractivity contribution in [3.8, 4) is 0 Å². The highest BCUT2D eigenvalue weighted by atomic mass is 16.2. The van der Waals surface area contributed by atoms with E-state index in [2.05, 4.69) is 14.9 Å². The molecule has 2 aromatic carbocycles. The summed E-state index contributed by atoms with van der Waals surface area (Å²) in [5, 5.41) is 0.590. The zero-order valence-corrected chi connectivity index (χ0v) is 16.2. The summed E-state index contributed by atoms with van der Waals surface area (Å²) in [6, 6.07) is 15.2. The molecule has 0 aliphatic carbocycles. The van der Waals surface area contributed by atoms with Gasteiger partial charge in [0.1, 0.15) is 0 Å². The summed E-state index contributed by atoms with van der Waals surface area (Å²) < 4.78 is 0. The van der Waals surface area contributed by atoms with Crippen LogP contribution in [0.1, 0.15) is 16.8 Å². The Bertz CT molecular complexity index is 1100. The number of anilines is 2. The van der Waals surface area contributed by atoms with E-state index in [1.807, 2.05) is 52.3 Å². The molecule has 7 heteroatoms. The Kier molecular flexibility index (Phi) is 4.42. The number of carbonyl (C=O) groups is 1. The number of aromatic nitrogens is 2. The predicted octanol–water partition coefficient (Wildman–Crippen LogP) is 2.10. The summed E-state index contributed by atoms with van der Waals surface area (Å²) in [6.07, 6.45) is 1.24. The number of carbonyl (C=O) groups excluding carboxylic acids is 1. The third-order valence-corrected chi connectivity index (χ3v) is 5.80. The number of aromatic amines is 1. The SMILES string of the molecule is O=C(c1ccc(N2CCC2)cc1)N1CCN(c2nc3ccccc3c(=O)[nH]2)CC1. The van der Waals surface area contributed by atoms with Crippen LogP contribution in [-0.4, -0.2) is 60.0 Å². The molecule has 0 saturated carbocycles. The van der Waals surface area contributed by atoms with Gasteiger partial charge in [0.15, 0.2) is 0 Å². The average molecular weight is 389 g/mol. The second kappa shape index (κ2) is 7.24. The van der Waals surface area contributed by atoms with Crippen LogP contribution in [0.15, 0.2) is 53.3 Å². The smallest absolute Gasteiger partial charge is 0.260 e. The van der Waals surface area contributed by atoms with Gasteiger partial charge in [-0.25, -0.2) is 4.98 Å². The van der Waals surface area contributed by atoms with Crippen LogP contribution in [0.25, 0.3) is 10.9 Å². The normalized spacial score (nSPS) is 16.8. The molecule has 0 radical (unpaired) electrons. The molecule has 0 spiro atoms. The minimum Gasteiger partial charge on any atom is -0.371 e. The molecule has 2 aliphatic heterocycles. The lowest BCUT2D eigenvalue weighted by Gasteiger charge is -2.35. The monoisotopic (exact) mass is 389 g/mol. The Labute approximate surface area is 168 Å². The molecule has 7 nitrogen and oxygen atoms in total. The number of para-hydroxylation sites is 1. The van der Waals surface area contributed by atoms with Gasteiger partial charge in [-0.2, -0.15) is 0 Å². The largest absolute Gasteiger partial charge is 0.371 e. The number of nitrogens with zero attached hydrogens (tertiary/aromatic N) is 4. The molecule has 3 aromatic rings. The molecule has 2 aliphatic rings. The number of benzene rings is 2. The second-order valence-corrected chi connectivity index (χ2v) is 7.57. The van der Waals surface area contributed by atoms with Crippen LogP contribution in [0.4, 0.5) is 11.6 Å². The first-order valence-electron chi connectivity index (χ1n) is 10.1. The molecule has 29 heavy (non-hydrogen) atoms. The topological polar surface area (TPSA) is 72.5 Å². The molecule has 0 atom stereocenters. The molecule has 1 N–H and O–H groups in total. The summed E-state index contributed by atoms with van der Waals surface area (Å²) in [5.74, 6) is 0.625. The van der Waals surface area contributed by atoms with Crippen molar-refractivity contribution in [1.82, 2.24) is 14.9 Å². The molecule has 2 fully saturated rings. The Hall–Kier alpha value is -3.35. The number of nitrogens with one attached hydrogen (secondary N) is 1. The maximum absolute atomic E-state index is 12.9. The van der Waals surface area contributed by atoms with Crippen LogP contribution >= 0.6 is 0 Å². The van der Waals surface area contributed by atoms with Crippen LogP contribution < -0.4 is 15.4 Å². The molecule has 0 bridgehead atoms. The van der Waals surface area contributed by atoms with Crippen molar-refractivity contribution in [3.63, 3.8) is 0 Å². The fraction of sp³-hybridized carbons (Fsp3) is 0.318. The Balaban J connectivity index is 1.26. The standard InChI is InChI=1S/C22H23N5O2/c28-20-18-4-1-2-5-19(18)23-22(24-20)27-14-12-26(13-15-27)21(29)16-6-8-17(9-7-16)25-10-3-11-25/h1-2,4-9H,3,10-15H2,(H,23,24,28). The zero-order chi connectivity index (χ0) is 19.8. The van der Waals surface area contributed by atoms with Crippen LogP contribution in [0.2, 0.25) is 0 Å². The highest BCUT2D eigenvalue weighted by molar-refractivity contribution is 5.94. The lowest BCUT2D eigenvalue weighted by Crippen LogP contribution is -2.49. The number of piperazine rings is 1. The third kappa shape index (κ3) is 3.33. The average Bonchev–Trinajstić information content (AvgIpc) is 2.73. The van der Waals surface area contributed by atoms with Crippen molar-refractivity contribution in [3.05, 3.63) is 64.4 Å². The van der Waals surface area contributed by atoms with Gasteiger partial charge in [-0.15, -0.1) is 0 Å². The van der Waals surface area contributed by atoms with E-state index in [-0.39, 0.29) is 11.5 Å². The van der Waals surface area contributed by atoms with Gasteiger partial charge in [0, 0.05) is 50.5 Å². The van der Waals surface area contributed by atoms with Gasteiger partial charge in [-0.1, -0.05) is 12.1 Å². The van der Waals surface area contributed by atoms with Crippen molar-refractivity contribution in [2.24, 2.45) is 0 Å². The lowest BCUT2D eigenvalue weighted by molar-refractivity contribution is 0.0746. The van der Waals surface area contributed by atoms with Gasteiger partial charge in [0.2, 0.25) is 5.95 Å². The highest BCUT2D eigenvalue weighted by Crippen LogP contribution is 2.22. The summed E-state index contributed by atoms with van der Waals surface area (Å²) in [7, 11) is 0. The van der Waals surface area contributed by atoms with Crippen molar-refractivity contribution in [2.75, 3.05) is 49.1 Å². The fourth-order valence-electron chi connectivity index (χ4n) is 3.92. The summed E-state index contributed by atoms with van der Waals surface area (Å²) in [6.45, 7) is 4.67. The summed E-state index contributed by atoms with van der Waals surface area (Å²) >= 11 is 0. The maximum atomic E-state index is 12.9. The molecule has 3 heterocycles. The van der Waals surface area contributed by atoms with E-state index in [1.165, 1.54) is 12.1 Å². The van der Waals surface area contributed by atoms with E-state index in [0.717, 1.165) is 18.7 Å². The van der Waals surface area contributed by atoms with Crippen LogP contribution in [-0.2, 0) is 0 Å². The van der Waals surface area contributed by atoms with Crippen LogP contribution in [0.3, 0.4) is 0 Å². The van der Waals surface area contributed by atoms with E-state index in [1.54, 1.807) is 6.07 Å². The molecule has 5 rings (SSSR count). The molecule has 2 saturated heterocycles. The molecular formula is C22H23N5O2. The molecule has 0 unspecified atom stereocenters. The van der Waals surface area contributed by atoms with Gasteiger partial charge < -0.3 is 14.7 Å². The second-order valence-electron chi connectivity index (χ2n) is 7.57. The number of hydrogen-bond acceptors (Lipinski definition) is 5. The molecular weight excluding hydrogens is 366 g/mol. The Morgan fingerprint density at radius 1 is 0.862 bits per heavy atom. The van der Waals surface area contributed by atoms with Crippen LogP contribution in [0, 0.1) is 0 Å². The Morgan fingerprint density at radius 2 is 1.59 bits per heavy atom. The van der Waals surface area contributed by atoms with Crippen molar-refractivity contribution < 1.29 is 4.79 Å². The van der Waals surface area contributed by atoms with Gasteiger partial charge in [-0.3, -0.25) is 14.6 Å². The number of fused-ring (bicyclic) bond motifs is 1. The van der Waals surface area contributed by atoms with Crippen LogP contribution in [0.5, 0.6) is 0 Å². The minimum absolute atomic E-state index is 0.0553. The number of rotatable bonds is 3. The van der Waals surface area contributed by atoms with Crippen molar-refractivity contribution in [1.29, 1.82) is 0 Å². The summed E-state index contributed by atoms with van der Waals surface area (Å²) in [4.78, 5) is 38.8. The predicted molar refractivity (Wildman–Crippen MR) is 114 cm³/mol. The first-order valence-corrected chi connectivity index (χ1v) is 10.1. The Morgan fingerprint density at radius 3 is 2.28 bits per heavy atom. The lowest BCUT2D eigenvalue weighted by atomic mass is 10.1. The molecule has 1 amide bonds. The van der Waals surface area contributed by atoms with Crippen molar-refractivity contribution >= 4 is 28.4 Å². The van der Waals surface area contributed by atoms with Gasteiger partial charge in [0.25, 0.3) is 11.5 Å².